The van der Waals surface area contributed by atoms with Crippen molar-refractivity contribution in [3.05, 3.63) is 82.4 Å². The van der Waals surface area contributed by atoms with Gasteiger partial charge in [0.05, 0.1) is 25.5 Å². The minimum Gasteiger partial charge on any atom is -0.493 e. The summed E-state index contributed by atoms with van der Waals surface area (Å²) >= 11 is 0. The maximum Gasteiger partial charge on any atom is 0.232 e. The van der Waals surface area contributed by atoms with Crippen molar-refractivity contribution in [1.29, 1.82) is 0 Å². The van der Waals surface area contributed by atoms with Crippen LogP contribution in [0.15, 0.2) is 54.4 Å². The Bertz CT molecular complexity index is 1250. The smallest absolute Gasteiger partial charge is 0.232 e. The molecule has 0 saturated carbocycles. The molecule has 0 bridgehead atoms. The summed E-state index contributed by atoms with van der Waals surface area (Å²) in [4.78, 5) is 19.5. The Labute approximate surface area is 192 Å². The second-order valence-corrected chi connectivity index (χ2v) is 8.01. The summed E-state index contributed by atoms with van der Waals surface area (Å²) in [6.07, 6.45) is 3.36. The lowest BCUT2D eigenvalue weighted by molar-refractivity contribution is 0.0876. The molecule has 1 aromatic heterocycles. The summed E-state index contributed by atoms with van der Waals surface area (Å²) in [5.74, 6) is 2.87. The van der Waals surface area contributed by atoms with Crippen molar-refractivity contribution in [3.63, 3.8) is 0 Å². The van der Waals surface area contributed by atoms with Gasteiger partial charge in [0.25, 0.3) is 0 Å². The van der Waals surface area contributed by atoms with Gasteiger partial charge in [0.15, 0.2) is 17.3 Å². The SMILES string of the molecule is COc1ccc(CN2COc3c(cc4c(c3C)O/C(=C\c3ccccn3)C4=O)C2)cc1OC. The normalized spacial score (nSPS) is 16.1. The zero-order valence-electron chi connectivity index (χ0n) is 18.8. The molecular weight excluding hydrogens is 420 g/mol. The summed E-state index contributed by atoms with van der Waals surface area (Å²) in [5, 5.41) is 0. The van der Waals surface area contributed by atoms with Crippen LogP contribution in [0.3, 0.4) is 0 Å². The zero-order valence-corrected chi connectivity index (χ0v) is 18.8. The molecule has 2 aliphatic heterocycles. The van der Waals surface area contributed by atoms with E-state index in [1.54, 1.807) is 26.5 Å². The second kappa shape index (κ2) is 8.60. The minimum atomic E-state index is -0.140. The maximum absolute atomic E-state index is 13.0. The minimum absolute atomic E-state index is 0.140. The molecule has 0 unspecified atom stereocenters. The van der Waals surface area contributed by atoms with Crippen LogP contribution in [-0.4, -0.2) is 36.6 Å². The van der Waals surface area contributed by atoms with Crippen LogP contribution in [0.5, 0.6) is 23.0 Å². The summed E-state index contributed by atoms with van der Waals surface area (Å²) in [6.45, 7) is 3.69. The van der Waals surface area contributed by atoms with Crippen LogP contribution in [0.2, 0.25) is 0 Å². The van der Waals surface area contributed by atoms with Gasteiger partial charge in [-0.1, -0.05) is 12.1 Å². The van der Waals surface area contributed by atoms with Gasteiger partial charge < -0.3 is 18.9 Å². The molecule has 0 spiro atoms. The van der Waals surface area contributed by atoms with Crippen molar-refractivity contribution in [2.75, 3.05) is 21.0 Å². The van der Waals surface area contributed by atoms with Gasteiger partial charge in [-0.2, -0.15) is 0 Å². The van der Waals surface area contributed by atoms with E-state index in [0.717, 1.165) is 22.4 Å². The van der Waals surface area contributed by atoms with E-state index in [9.17, 15) is 4.79 Å². The highest BCUT2D eigenvalue weighted by Gasteiger charge is 2.33. The third-order valence-corrected chi connectivity index (χ3v) is 5.82. The Hall–Kier alpha value is -3.84. The molecule has 2 aromatic carbocycles. The fourth-order valence-corrected chi connectivity index (χ4v) is 4.23. The second-order valence-electron chi connectivity index (χ2n) is 8.01. The van der Waals surface area contributed by atoms with Crippen molar-refractivity contribution < 1.29 is 23.7 Å². The molecule has 5 rings (SSSR count). The first kappa shape index (κ1) is 21.0. The first-order valence-electron chi connectivity index (χ1n) is 10.6. The number of carbonyl (C=O) groups is 1. The molecule has 0 fully saturated rings. The summed E-state index contributed by atoms with van der Waals surface area (Å²) in [5.41, 5.74) is 4.12. The number of allylic oxidation sites excluding steroid dienone is 1. The van der Waals surface area contributed by atoms with Gasteiger partial charge in [-0.15, -0.1) is 0 Å². The Kier molecular flexibility index (Phi) is 5.48. The average molecular weight is 444 g/mol. The van der Waals surface area contributed by atoms with Crippen molar-refractivity contribution in [1.82, 2.24) is 9.88 Å². The van der Waals surface area contributed by atoms with E-state index >= 15 is 0 Å². The number of fused-ring (bicyclic) bond motifs is 2. The predicted octanol–water partition coefficient (Wildman–Crippen LogP) is 4.38. The van der Waals surface area contributed by atoms with Crippen molar-refractivity contribution >= 4 is 11.9 Å². The standard InChI is InChI=1S/C26H24N2O5/c1-16-25-18(11-20-24(29)23(33-26(16)20)12-19-6-4-5-9-27-19)14-28(15-32-25)13-17-7-8-21(30-2)22(10-17)31-3/h4-12H,13-15H2,1-3H3/b23-12-. The predicted molar refractivity (Wildman–Crippen MR) is 123 cm³/mol. The lowest BCUT2D eigenvalue weighted by Gasteiger charge is -2.30. The number of hydrogen-bond donors (Lipinski definition) is 0. The van der Waals surface area contributed by atoms with Gasteiger partial charge in [-0.05, 0) is 42.8 Å². The van der Waals surface area contributed by atoms with Crippen LogP contribution in [0, 0.1) is 6.92 Å². The van der Waals surface area contributed by atoms with Crippen LogP contribution in [0.25, 0.3) is 6.08 Å². The van der Waals surface area contributed by atoms with Gasteiger partial charge in [0.2, 0.25) is 5.78 Å². The Morgan fingerprint density at radius 2 is 1.94 bits per heavy atom. The molecule has 2 aliphatic rings. The van der Waals surface area contributed by atoms with Crippen molar-refractivity contribution in [2.24, 2.45) is 0 Å². The Morgan fingerprint density at radius 1 is 1.09 bits per heavy atom. The summed E-state index contributed by atoms with van der Waals surface area (Å²) in [6, 6.07) is 13.3. The highest BCUT2D eigenvalue weighted by atomic mass is 16.5. The zero-order chi connectivity index (χ0) is 22.9. The molecule has 168 valence electrons. The number of nitrogens with zero attached hydrogens (tertiary/aromatic N) is 2. The van der Waals surface area contributed by atoms with Crippen LogP contribution in [-0.2, 0) is 13.1 Å². The monoisotopic (exact) mass is 444 g/mol. The number of benzene rings is 2. The molecule has 0 radical (unpaired) electrons. The third kappa shape index (κ3) is 3.91. The van der Waals surface area contributed by atoms with Crippen LogP contribution < -0.4 is 18.9 Å². The fraction of sp³-hybridized carbons (Fsp3) is 0.231. The molecule has 0 aliphatic carbocycles. The van der Waals surface area contributed by atoms with Gasteiger partial charge in [-0.3, -0.25) is 14.7 Å². The number of methoxy groups -OCH3 is 2. The van der Waals surface area contributed by atoms with Gasteiger partial charge in [-0.25, -0.2) is 0 Å². The van der Waals surface area contributed by atoms with E-state index < -0.39 is 0 Å². The van der Waals surface area contributed by atoms with Gasteiger partial charge >= 0.3 is 0 Å². The number of aromatic nitrogens is 1. The lowest BCUT2D eigenvalue weighted by Crippen LogP contribution is -2.32. The molecule has 33 heavy (non-hydrogen) atoms. The van der Waals surface area contributed by atoms with Gasteiger partial charge in [0, 0.05) is 36.5 Å². The Balaban J connectivity index is 1.39. The van der Waals surface area contributed by atoms with Gasteiger partial charge in [0.1, 0.15) is 18.2 Å². The average Bonchev–Trinajstić information content (AvgIpc) is 3.15. The van der Waals surface area contributed by atoms with E-state index in [1.165, 1.54) is 0 Å². The molecule has 3 heterocycles. The largest absolute Gasteiger partial charge is 0.493 e. The molecular formula is C26H24N2O5. The molecule has 7 heteroatoms. The fourth-order valence-electron chi connectivity index (χ4n) is 4.23. The summed E-state index contributed by atoms with van der Waals surface area (Å²) in [7, 11) is 3.25. The van der Waals surface area contributed by atoms with E-state index in [4.69, 9.17) is 18.9 Å². The number of rotatable bonds is 5. The number of pyridine rings is 1. The van der Waals surface area contributed by atoms with E-state index in [2.05, 4.69) is 9.88 Å². The molecule has 3 aromatic rings. The molecule has 0 amide bonds. The number of carbonyl (C=O) groups excluding carboxylic acids is 1. The number of ether oxygens (including phenoxy) is 4. The van der Waals surface area contributed by atoms with Crippen LogP contribution in [0.1, 0.15) is 32.7 Å². The number of ketones is 1. The van der Waals surface area contributed by atoms with E-state index in [-0.39, 0.29) is 11.5 Å². The van der Waals surface area contributed by atoms with Crippen molar-refractivity contribution in [3.8, 4) is 23.0 Å². The lowest BCUT2D eigenvalue weighted by atomic mass is 10.00. The summed E-state index contributed by atoms with van der Waals surface area (Å²) < 4.78 is 22.8. The topological polar surface area (TPSA) is 70.1 Å². The Morgan fingerprint density at radius 3 is 2.70 bits per heavy atom. The first-order chi connectivity index (χ1) is 16.1. The third-order valence-electron chi connectivity index (χ3n) is 5.82. The highest BCUT2D eigenvalue weighted by molar-refractivity contribution is 6.15. The van der Waals surface area contributed by atoms with E-state index in [0.29, 0.717) is 48.3 Å². The number of hydrogen-bond acceptors (Lipinski definition) is 7. The molecule has 0 N–H and O–H groups in total. The highest BCUT2D eigenvalue weighted by Crippen LogP contribution is 2.43. The van der Waals surface area contributed by atoms with Crippen LogP contribution in [0.4, 0.5) is 0 Å². The van der Waals surface area contributed by atoms with E-state index in [1.807, 2.05) is 49.4 Å². The number of Topliss-reactive ketones (excluding diaryl/α,β-unsaturated/α-hetero) is 1. The quantitative estimate of drug-likeness (QED) is 0.541. The van der Waals surface area contributed by atoms with Crippen molar-refractivity contribution in [2.45, 2.75) is 20.0 Å². The van der Waals surface area contributed by atoms with Crippen LogP contribution >= 0.6 is 0 Å². The first-order valence-corrected chi connectivity index (χ1v) is 10.6. The molecule has 7 nitrogen and oxygen atoms in total. The maximum atomic E-state index is 13.0. The molecule has 0 saturated heterocycles. The molecule has 0 atom stereocenters.